The fourth-order valence-electron chi connectivity index (χ4n) is 2.37. The number of hydrogen-bond acceptors (Lipinski definition) is 4. The zero-order valence-electron chi connectivity index (χ0n) is 11.4. The monoisotopic (exact) mass is 274 g/mol. The number of Topliss-reactive ketones (excluding diaryl/α,β-unsaturated/α-hetero) is 1. The van der Waals surface area contributed by atoms with Gasteiger partial charge in [0.1, 0.15) is 17.0 Å². The van der Waals surface area contributed by atoms with E-state index >= 15 is 0 Å². The maximum Gasteiger partial charge on any atom is 0.280 e. The third-order valence-corrected chi connectivity index (χ3v) is 3.50. The Morgan fingerprint density at radius 3 is 2.70 bits per heavy atom. The van der Waals surface area contributed by atoms with Crippen LogP contribution in [0.15, 0.2) is 10.9 Å². The molecule has 0 fully saturated rings. The number of fused-ring (bicyclic) bond motifs is 2. The second kappa shape index (κ2) is 4.03. The van der Waals surface area contributed by atoms with Gasteiger partial charge in [-0.15, -0.1) is 0 Å². The van der Waals surface area contributed by atoms with Crippen LogP contribution in [0.5, 0.6) is 0 Å². The zero-order valence-corrected chi connectivity index (χ0v) is 11.4. The van der Waals surface area contributed by atoms with Crippen LogP contribution in [0.4, 0.5) is 0 Å². The minimum Gasteiger partial charge on any atom is -0.335 e. The minimum absolute atomic E-state index is 0.0165. The van der Waals surface area contributed by atoms with Crippen molar-refractivity contribution >= 4 is 17.3 Å². The molecule has 7 heteroatoms. The van der Waals surface area contributed by atoms with Crippen LogP contribution in [0, 0.1) is 0 Å². The summed E-state index contributed by atoms with van der Waals surface area (Å²) in [5.74, 6) is -0.419. The molecule has 0 aromatic carbocycles. The molecule has 104 valence electrons. The molecule has 2 aromatic heterocycles. The average molecular weight is 274 g/mol. The van der Waals surface area contributed by atoms with Gasteiger partial charge in [-0.05, 0) is 13.8 Å². The van der Waals surface area contributed by atoms with E-state index in [-0.39, 0.29) is 35.5 Å². The van der Waals surface area contributed by atoms with Gasteiger partial charge in [-0.2, -0.15) is 9.61 Å². The maximum absolute atomic E-state index is 12.4. The first-order valence-corrected chi connectivity index (χ1v) is 6.37. The summed E-state index contributed by atoms with van der Waals surface area (Å²) in [6.07, 6.45) is 0. The summed E-state index contributed by atoms with van der Waals surface area (Å²) in [4.78, 5) is 40.4. The summed E-state index contributed by atoms with van der Waals surface area (Å²) in [5.41, 5.74) is 0.909. The van der Waals surface area contributed by atoms with Crippen molar-refractivity contribution in [1.82, 2.24) is 19.5 Å². The summed E-state index contributed by atoms with van der Waals surface area (Å²) < 4.78 is 1.15. The molecule has 1 aliphatic heterocycles. The Kier molecular flexibility index (Phi) is 2.53. The van der Waals surface area contributed by atoms with Gasteiger partial charge in [0.15, 0.2) is 5.78 Å². The van der Waals surface area contributed by atoms with Crippen LogP contribution in [-0.4, -0.2) is 37.2 Å². The predicted octanol–water partition coefficient (Wildman–Crippen LogP) is 0.589. The largest absolute Gasteiger partial charge is 0.335 e. The molecular weight excluding hydrogens is 260 g/mol. The van der Waals surface area contributed by atoms with Crippen LogP contribution < -0.4 is 5.56 Å². The van der Waals surface area contributed by atoms with Crippen molar-refractivity contribution in [3.05, 3.63) is 33.4 Å². The Morgan fingerprint density at radius 1 is 1.40 bits per heavy atom. The van der Waals surface area contributed by atoms with E-state index in [1.165, 1.54) is 13.0 Å². The van der Waals surface area contributed by atoms with Crippen molar-refractivity contribution in [2.24, 2.45) is 0 Å². The fourth-order valence-corrected chi connectivity index (χ4v) is 2.37. The van der Waals surface area contributed by atoms with Gasteiger partial charge < -0.3 is 9.88 Å². The summed E-state index contributed by atoms with van der Waals surface area (Å²) in [5, 5.41) is 3.98. The normalized spacial score (nSPS) is 14.4. The molecule has 0 spiro atoms. The van der Waals surface area contributed by atoms with E-state index in [0.29, 0.717) is 16.9 Å². The van der Waals surface area contributed by atoms with E-state index < -0.39 is 0 Å². The lowest BCUT2D eigenvalue weighted by Gasteiger charge is -2.19. The van der Waals surface area contributed by atoms with E-state index in [1.54, 1.807) is 4.90 Å². The molecule has 2 aromatic rings. The number of carbonyl (C=O) groups excluding carboxylic acids is 2. The molecule has 1 amide bonds. The number of ketones is 1. The second-order valence-corrected chi connectivity index (χ2v) is 5.19. The van der Waals surface area contributed by atoms with Crippen molar-refractivity contribution in [3.8, 4) is 0 Å². The van der Waals surface area contributed by atoms with Gasteiger partial charge in [-0.3, -0.25) is 14.4 Å². The highest BCUT2D eigenvalue weighted by Gasteiger charge is 2.33. The third-order valence-electron chi connectivity index (χ3n) is 3.50. The Balaban J connectivity index is 2.24. The van der Waals surface area contributed by atoms with Crippen LogP contribution in [0.3, 0.4) is 0 Å². The lowest BCUT2D eigenvalue weighted by atomic mass is 10.2. The quantitative estimate of drug-likeness (QED) is 0.812. The topological polar surface area (TPSA) is 87.5 Å². The summed E-state index contributed by atoms with van der Waals surface area (Å²) >= 11 is 0. The van der Waals surface area contributed by atoms with Crippen LogP contribution in [0.25, 0.3) is 5.65 Å². The molecule has 0 saturated heterocycles. The highest BCUT2D eigenvalue weighted by atomic mass is 16.2. The number of carbonyl (C=O) groups is 2. The predicted molar refractivity (Wildman–Crippen MR) is 70.8 cm³/mol. The summed E-state index contributed by atoms with van der Waals surface area (Å²) in [7, 11) is 0. The number of nitrogens with zero attached hydrogens (tertiary/aromatic N) is 3. The van der Waals surface area contributed by atoms with Crippen LogP contribution in [0.1, 0.15) is 47.3 Å². The number of amides is 1. The standard InChI is InChI=1S/C13H14N4O3/c1-6(2)16-5-8-11(13(16)20)14-10-4-9(7(3)18)15-17(10)12(8)19/h4,6,14H,5H2,1-3H3. The molecule has 20 heavy (non-hydrogen) atoms. The number of aromatic nitrogens is 3. The lowest BCUT2D eigenvalue weighted by Crippen LogP contribution is -2.31. The first-order valence-electron chi connectivity index (χ1n) is 6.37. The highest BCUT2D eigenvalue weighted by Crippen LogP contribution is 2.21. The maximum atomic E-state index is 12.4. The zero-order chi connectivity index (χ0) is 14.6. The van der Waals surface area contributed by atoms with Gasteiger partial charge in [0.05, 0.1) is 12.1 Å². The highest BCUT2D eigenvalue weighted by molar-refractivity contribution is 5.97. The molecule has 1 N–H and O–H groups in total. The van der Waals surface area contributed by atoms with Crippen molar-refractivity contribution in [2.75, 3.05) is 0 Å². The van der Waals surface area contributed by atoms with E-state index in [0.717, 1.165) is 4.52 Å². The minimum atomic E-state index is -0.349. The van der Waals surface area contributed by atoms with Gasteiger partial charge in [-0.1, -0.05) is 0 Å². The number of H-pyrrole nitrogens is 1. The molecule has 7 nitrogen and oxygen atoms in total. The van der Waals surface area contributed by atoms with Crippen molar-refractivity contribution < 1.29 is 9.59 Å². The Labute approximate surface area is 114 Å². The Morgan fingerprint density at radius 2 is 2.10 bits per heavy atom. The Bertz CT molecular complexity index is 800. The van der Waals surface area contributed by atoms with Crippen molar-refractivity contribution in [3.63, 3.8) is 0 Å². The average Bonchev–Trinajstić information content (AvgIpc) is 2.93. The molecule has 0 aliphatic carbocycles. The SMILES string of the molecule is CC(=O)c1cc2[nH]c3c(c(=O)n2n1)CN(C(C)C)C3=O. The lowest BCUT2D eigenvalue weighted by molar-refractivity contribution is 0.0726. The first kappa shape index (κ1) is 12.6. The molecule has 0 atom stereocenters. The van der Waals surface area contributed by atoms with Gasteiger partial charge in [0.2, 0.25) is 0 Å². The van der Waals surface area contributed by atoms with E-state index in [4.69, 9.17) is 0 Å². The third kappa shape index (κ3) is 1.59. The second-order valence-electron chi connectivity index (χ2n) is 5.19. The smallest absolute Gasteiger partial charge is 0.280 e. The Hall–Kier alpha value is -2.44. The molecule has 0 unspecified atom stereocenters. The van der Waals surface area contributed by atoms with Crippen molar-refractivity contribution in [1.29, 1.82) is 0 Å². The van der Waals surface area contributed by atoms with Gasteiger partial charge in [-0.25, -0.2) is 0 Å². The number of nitrogens with one attached hydrogen (secondary N) is 1. The van der Waals surface area contributed by atoms with Gasteiger partial charge >= 0.3 is 0 Å². The van der Waals surface area contributed by atoms with Crippen LogP contribution >= 0.6 is 0 Å². The van der Waals surface area contributed by atoms with Gasteiger partial charge in [0.25, 0.3) is 11.5 Å². The van der Waals surface area contributed by atoms with Crippen LogP contribution in [-0.2, 0) is 6.54 Å². The number of hydrogen-bond donors (Lipinski definition) is 1. The van der Waals surface area contributed by atoms with E-state index in [2.05, 4.69) is 10.1 Å². The fraction of sp³-hybridized carbons (Fsp3) is 0.385. The molecule has 0 radical (unpaired) electrons. The summed E-state index contributed by atoms with van der Waals surface area (Å²) in [6, 6.07) is 1.50. The summed E-state index contributed by atoms with van der Waals surface area (Å²) in [6.45, 7) is 5.44. The molecule has 3 heterocycles. The van der Waals surface area contributed by atoms with Crippen molar-refractivity contribution in [2.45, 2.75) is 33.4 Å². The van der Waals surface area contributed by atoms with E-state index in [1.807, 2.05) is 13.8 Å². The first-order chi connectivity index (χ1) is 9.40. The number of aromatic amines is 1. The molecule has 0 saturated carbocycles. The molecule has 3 rings (SSSR count). The van der Waals surface area contributed by atoms with Crippen LogP contribution in [0.2, 0.25) is 0 Å². The number of rotatable bonds is 2. The van der Waals surface area contributed by atoms with Gasteiger partial charge in [0, 0.05) is 19.0 Å². The molecule has 0 bridgehead atoms. The van der Waals surface area contributed by atoms with E-state index in [9.17, 15) is 14.4 Å². The molecule has 1 aliphatic rings. The molecular formula is C13H14N4O3.